The average Bonchev–Trinajstić information content (AvgIpc) is 1.86. The van der Waals surface area contributed by atoms with Crippen LogP contribution in [0.1, 0.15) is 32.6 Å². The number of hydrogen-bond donors (Lipinski definition) is 1. The molecule has 3 heteroatoms. The second kappa shape index (κ2) is 3.13. The topological polar surface area (TPSA) is 40.9 Å². The van der Waals surface area contributed by atoms with Gasteiger partial charge in [-0.1, -0.05) is 6.92 Å². The largest absolute Gasteiger partial charge is 0.253 e. The number of rotatable bonds is 1. The average molecular weight is 175 g/mol. The van der Waals surface area contributed by atoms with Crippen molar-refractivity contribution in [2.24, 2.45) is 5.92 Å². The van der Waals surface area contributed by atoms with Crippen LogP contribution in [-0.2, 0) is 9.73 Å². The summed E-state index contributed by atoms with van der Waals surface area (Å²) < 4.78 is 18.7. The molecule has 0 radical (unpaired) electrons. The summed E-state index contributed by atoms with van der Waals surface area (Å²) in [6, 6.07) is 0. The fourth-order valence-corrected chi connectivity index (χ4v) is 2.85. The van der Waals surface area contributed by atoms with E-state index in [9.17, 15) is 4.21 Å². The Morgan fingerprint density at radius 3 is 2.09 bits per heavy atom. The van der Waals surface area contributed by atoms with Crippen molar-refractivity contribution in [2.75, 3.05) is 6.26 Å². The van der Waals surface area contributed by atoms with Crippen LogP contribution in [0.5, 0.6) is 0 Å². The van der Waals surface area contributed by atoms with Gasteiger partial charge in [-0.3, -0.25) is 4.78 Å². The molecule has 0 heterocycles. The first-order chi connectivity index (χ1) is 5.00. The first-order valence-electron chi connectivity index (χ1n) is 4.23. The van der Waals surface area contributed by atoms with E-state index in [1.165, 1.54) is 0 Å². The lowest BCUT2D eigenvalue weighted by molar-refractivity contribution is 0.388. The molecule has 0 spiro atoms. The molecule has 1 N–H and O–H groups in total. The molecule has 66 valence electrons. The van der Waals surface area contributed by atoms with Crippen molar-refractivity contribution in [2.45, 2.75) is 37.9 Å². The minimum atomic E-state index is -2.25. The minimum Gasteiger partial charge on any atom is -0.253 e. The van der Waals surface area contributed by atoms with E-state index in [4.69, 9.17) is 4.78 Å². The van der Waals surface area contributed by atoms with Gasteiger partial charge in [-0.15, -0.1) is 0 Å². The number of nitrogens with one attached hydrogen (secondary N) is 1. The molecule has 1 rings (SSSR count). The predicted molar refractivity (Wildman–Crippen MR) is 48.2 cm³/mol. The molecule has 1 aliphatic rings. The SMILES string of the molecule is CC1CCC(S(C)(=N)=O)CC1. The van der Waals surface area contributed by atoms with Gasteiger partial charge in [0, 0.05) is 21.2 Å². The van der Waals surface area contributed by atoms with Gasteiger partial charge in [0.15, 0.2) is 0 Å². The van der Waals surface area contributed by atoms with Crippen molar-refractivity contribution >= 4 is 9.73 Å². The van der Waals surface area contributed by atoms with E-state index in [-0.39, 0.29) is 5.25 Å². The van der Waals surface area contributed by atoms with Crippen molar-refractivity contribution in [3.05, 3.63) is 0 Å². The molecular formula is C8H17NOS. The van der Waals surface area contributed by atoms with Crippen molar-refractivity contribution in [1.29, 1.82) is 4.78 Å². The van der Waals surface area contributed by atoms with Crippen molar-refractivity contribution < 1.29 is 4.21 Å². The highest BCUT2D eigenvalue weighted by atomic mass is 32.2. The van der Waals surface area contributed by atoms with Crippen LogP contribution in [0.4, 0.5) is 0 Å². The Morgan fingerprint density at radius 2 is 1.73 bits per heavy atom. The molecule has 1 atom stereocenters. The van der Waals surface area contributed by atoms with Gasteiger partial charge >= 0.3 is 0 Å². The second-order valence-corrected chi connectivity index (χ2v) is 6.26. The smallest absolute Gasteiger partial charge is 0.0441 e. The summed E-state index contributed by atoms with van der Waals surface area (Å²) in [5, 5.41) is 0.179. The molecule has 0 aliphatic heterocycles. The molecule has 1 unspecified atom stereocenters. The van der Waals surface area contributed by atoms with Crippen LogP contribution in [-0.4, -0.2) is 15.7 Å². The van der Waals surface area contributed by atoms with E-state index >= 15 is 0 Å². The van der Waals surface area contributed by atoms with E-state index in [1.54, 1.807) is 6.26 Å². The maximum absolute atomic E-state index is 11.3. The lowest BCUT2D eigenvalue weighted by Gasteiger charge is -2.25. The third-order valence-electron chi connectivity index (χ3n) is 2.60. The molecule has 11 heavy (non-hydrogen) atoms. The van der Waals surface area contributed by atoms with Crippen molar-refractivity contribution in [3.8, 4) is 0 Å². The molecular weight excluding hydrogens is 158 g/mol. The van der Waals surface area contributed by atoms with Crippen LogP contribution in [0.2, 0.25) is 0 Å². The van der Waals surface area contributed by atoms with E-state index < -0.39 is 9.73 Å². The van der Waals surface area contributed by atoms with Crippen LogP contribution < -0.4 is 0 Å². The van der Waals surface area contributed by atoms with Gasteiger partial charge in [-0.05, 0) is 31.6 Å². The Labute approximate surface area is 69.4 Å². The monoisotopic (exact) mass is 175 g/mol. The molecule has 0 saturated heterocycles. The fourth-order valence-electron chi connectivity index (χ4n) is 1.68. The van der Waals surface area contributed by atoms with Gasteiger partial charge < -0.3 is 0 Å². The van der Waals surface area contributed by atoms with Crippen molar-refractivity contribution in [3.63, 3.8) is 0 Å². The predicted octanol–water partition coefficient (Wildman–Crippen LogP) is 2.24. The zero-order valence-corrected chi connectivity index (χ0v) is 8.12. The maximum Gasteiger partial charge on any atom is 0.0441 e. The highest BCUT2D eigenvalue weighted by Crippen LogP contribution is 2.27. The molecule has 1 aliphatic carbocycles. The van der Waals surface area contributed by atoms with Crippen LogP contribution in [0.3, 0.4) is 0 Å². The molecule has 1 saturated carbocycles. The molecule has 2 nitrogen and oxygen atoms in total. The number of hydrogen-bond acceptors (Lipinski definition) is 2. The zero-order chi connectivity index (χ0) is 8.48. The van der Waals surface area contributed by atoms with Crippen molar-refractivity contribution in [1.82, 2.24) is 0 Å². The summed E-state index contributed by atoms with van der Waals surface area (Å²) >= 11 is 0. The van der Waals surface area contributed by atoms with E-state index in [2.05, 4.69) is 6.92 Å². The summed E-state index contributed by atoms with van der Waals surface area (Å²) in [5.41, 5.74) is 0. The quantitative estimate of drug-likeness (QED) is 0.652. The first kappa shape index (κ1) is 9.04. The van der Waals surface area contributed by atoms with Crippen LogP contribution in [0.25, 0.3) is 0 Å². The Balaban J connectivity index is 2.53. The van der Waals surface area contributed by atoms with Gasteiger partial charge in [0.2, 0.25) is 0 Å². The van der Waals surface area contributed by atoms with E-state index in [0.717, 1.165) is 31.6 Å². The normalized spacial score (nSPS) is 38.0. The highest BCUT2D eigenvalue weighted by Gasteiger charge is 2.23. The van der Waals surface area contributed by atoms with Gasteiger partial charge in [0.25, 0.3) is 0 Å². The lowest BCUT2D eigenvalue weighted by atomic mass is 9.91. The fraction of sp³-hybridized carbons (Fsp3) is 1.00. The van der Waals surface area contributed by atoms with E-state index in [0.29, 0.717) is 0 Å². The third-order valence-corrected chi connectivity index (χ3v) is 4.34. The van der Waals surface area contributed by atoms with Crippen LogP contribution >= 0.6 is 0 Å². The summed E-state index contributed by atoms with van der Waals surface area (Å²) in [4.78, 5) is 0. The highest BCUT2D eigenvalue weighted by molar-refractivity contribution is 7.92. The zero-order valence-electron chi connectivity index (χ0n) is 7.30. The Bertz CT molecular complexity index is 212. The molecule has 0 amide bonds. The Kier molecular flexibility index (Phi) is 2.58. The summed E-state index contributed by atoms with van der Waals surface area (Å²) in [6.45, 7) is 2.23. The van der Waals surface area contributed by atoms with Gasteiger partial charge in [0.05, 0.1) is 0 Å². The molecule has 0 bridgehead atoms. The summed E-state index contributed by atoms with van der Waals surface area (Å²) in [6.07, 6.45) is 5.90. The summed E-state index contributed by atoms with van der Waals surface area (Å²) in [5.74, 6) is 0.785. The van der Waals surface area contributed by atoms with Crippen LogP contribution in [0.15, 0.2) is 0 Å². The third kappa shape index (κ3) is 2.47. The minimum absolute atomic E-state index is 0.179. The Morgan fingerprint density at radius 1 is 1.27 bits per heavy atom. The van der Waals surface area contributed by atoms with Crippen LogP contribution in [0, 0.1) is 10.7 Å². The Hall–Kier alpha value is -0.0500. The standard InChI is InChI=1S/C8H17NOS/c1-7-3-5-8(6-4-7)11(2,9)10/h7-9H,3-6H2,1-2H3. The molecule has 0 aromatic rings. The maximum atomic E-state index is 11.3. The summed E-state index contributed by atoms with van der Waals surface area (Å²) in [7, 11) is -2.25. The lowest BCUT2D eigenvalue weighted by Crippen LogP contribution is -2.24. The molecule has 0 aromatic carbocycles. The van der Waals surface area contributed by atoms with Gasteiger partial charge in [-0.25, -0.2) is 4.21 Å². The second-order valence-electron chi connectivity index (χ2n) is 3.79. The van der Waals surface area contributed by atoms with Gasteiger partial charge in [-0.2, -0.15) is 0 Å². The molecule has 1 fully saturated rings. The molecule has 0 aromatic heterocycles. The first-order valence-corrected chi connectivity index (χ1v) is 6.25. The van der Waals surface area contributed by atoms with Gasteiger partial charge in [0.1, 0.15) is 0 Å². The van der Waals surface area contributed by atoms with E-state index in [1.807, 2.05) is 0 Å².